The normalized spacial score (nSPS) is 13.1. The Bertz CT molecular complexity index is 823. The van der Waals surface area contributed by atoms with E-state index in [0.29, 0.717) is 31.0 Å². The van der Waals surface area contributed by atoms with Crippen LogP contribution in [0.2, 0.25) is 0 Å². The molecule has 9 nitrogen and oxygen atoms in total. The zero-order chi connectivity index (χ0) is 18.7. The molecule has 3 heterocycles. The summed E-state index contributed by atoms with van der Waals surface area (Å²) < 4.78 is 0. The molecule has 2 aromatic heterocycles. The molecule has 0 unspecified atom stereocenters. The Morgan fingerprint density at radius 1 is 1.31 bits per heavy atom. The van der Waals surface area contributed by atoms with Gasteiger partial charge in [-0.2, -0.15) is 0 Å². The number of aromatic nitrogens is 3. The van der Waals surface area contributed by atoms with Gasteiger partial charge in [0.15, 0.2) is 5.82 Å². The van der Waals surface area contributed by atoms with Crippen LogP contribution in [0.3, 0.4) is 0 Å². The van der Waals surface area contributed by atoms with E-state index < -0.39 is 6.03 Å². The molecule has 0 saturated heterocycles. The quantitative estimate of drug-likeness (QED) is 0.807. The highest BCUT2D eigenvalue weighted by Gasteiger charge is 2.26. The van der Waals surface area contributed by atoms with Gasteiger partial charge in [-0.25, -0.2) is 14.8 Å². The number of hydrogen-bond donors (Lipinski definition) is 2. The zero-order valence-electron chi connectivity index (χ0n) is 14.8. The monoisotopic (exact) mass is 355 g/mol. The molecule has 3 N–H and O–H groups in total. The van der Waals surface area contributed by atoms with E-state index in [-0.39, 0.29) is 12.5 Å². The van der Waals surface area contributed by atoms with Crippen LogP contribution >= 0.6 is 0 Å². The molecule has 26 heavy (non-hydrogen) atoms. The second-order valence-corrected chi connectivity index (χ2v) is 6.19. The Morgan fingerprint density at radius 2 is 2.12 bits per heavy atom. The third kappa shape index (κ3) is 3.71. The van der Waals surface area contributed by atoms with E-state index in [1.807, 2.05) is 37.2 Å². The SMILES string of the molecule is CN(C)c1nc(-c2ccccn2)nc2c1CCN(C(=O)CNC(N)=O)C2. The van der Waals surface area contributed by atoms with E-state index in [0.717, 1.165) is 17.1 Å². The number of primary amides is 1. The summed E-state index contributed by atoms with van der Waals surface area (Å²) in [5.74, 6) is 1.16. The number of fused-ring (bicyclic) bond motifs is 1. The molecule has 1 aliphatic heterocycles. The molecule has 9 heteroatoms. The van der Waals surface area contributed by atoms with Crippen molar-refractivity contribution >= 4 is 17.8 Å². The summed E-state index contributed by atoms with van der Waals surface area (Å²) in [5, 5.41) is 2.33. The third-order valence-corrected chi connectivity index (χ3v) is 4.13. The van der Waals surface area contributed by atoms with Crippen molar-refractivity contribution < 1.29 is 9.59 Å². The first-order chi connectivity index (χ1) is 12.5. The van der Waals surface area contributed by atoms with E-state index in [1.54, 1.807) is 11.1 Å². The van der Waals surface area contributed by atoms with E-state index in [1.165, 1.54) is 0 Å². The van der Waals surface area contributed by atoms with Gasteiger partial charge in [0.05, 0.1) is 18.8 Å². The van der Waals surface area contributed by atoms with Gasteiger partial charge in [-0.3, -0.25) is 9.78 Å². The standard InChI is InChI=1S/C17H21N7O2/c1-23(2)16-11-6-8-24(14(25)9-20-17(18)26)10-13(11)21-15(22-16)12-5-3-4-7-19-12/h3-5,7H,6,8-10H2,1-2H3,(H3,18,20,26). The lowest BCUT2D eigenvalue weighted by Crippen LogP contribution is -2.44. The van der Waals surface area contributed by atoms with Crippen molar-refractivity contribution in [3.8, 4) is 11.5 Å². The minimum atomic E-state index is -0.717. The number of nitrogens with zero attached hydrogens (tertiary/aromatic N) is 5. The fraction of sp³-hybridized carbons (Fsp3) is 0.353. The molecule has 0 saturated carbocycles. The lowest BCUT2D eigenvalue weighted by Gasteiger charge is -2.30. The van der Waals surface area contributed by atoms with E-state index in [2.05, 4.69) is 20.3 Å². The number of anilines is 1. The predicted molar refractivity (Wildman–Crippen MR) is 96.3 cm³/mol. The summed E-state index contributed by atoms with van der Waals surface area (Å²) in [7, 11) is 3.86. The number of amides is 3. The summed E-state index contributed by atoms with van der Waals surface area (Å²) in [4.78, 5) is 40.3. The molecule has 1 aliphatic rings. The van der Waals surface area contributed by atoms with Crippen molar-refractivity contribution in [2.75, 3.05) is 32.1 Å². The molecule has 0 spiro atoms. The topological polar surface area (TPSA) is 117 Å². The first-order valence-corrected chi connectivity index (χ1v) is 8.25. The Kier molecular flexibility index (Phi) is 4.97. The Balaban J connectivity index is 1.92. The van der Waals surface area contributed by atoms with Crippen LogP contribution < -0.4 is 16.0 Å². The zero-order valence-corrected chi connectivity index (χ0v) is 14.8. The molecule has 0 atom stereocenters. The Labute approximate surface area is 151 Å². The predicted octanol–water partition coefficient (Wildman–Crippen LogP) is 0.158. The van der Waals surface area contributed by atoms with Gasteiger partial charge < -0.3 is 20.9 Å². The highest BCUT2D eigenvalue weighted by molar-refractivity contribution is 5.83. The van der Waals surface area contributed by atoms with Crippen LogP contribution in [0.15, 0.2) is 24.4 Å². The molecule has 2 aromatic rings. The largest absolute Gasteiger partial charge is 0.362 e. The van der Waals surface area contributed by atoms with Crippen LogP contribution in [0.1, 0.15) is 11.3 Å². The smallest absolute Gasteiger partial charge is 0.312 e. The highest BCUT2D eigenvalue weighted by Crippen LogP contribution is 2.27. The molecule has 136 valence electrons. The fourth-order valence-electron chi connectivity index (χ4n) is 2.88. The number of rotatable bonds is 4. The van der Waals surface area contributed by atoms with E-state index in [4.69, 9.17) is 5.73 Å². The number of pyridine rings is 1. The maximum absolute atomic E-state index is 12.3. The van der Waals surface area contributed by atoms with Gasteiger partial charge in [-0.05, 0) is 18.6 Å². The molecule has 0 aliphatic carbocycles. The van der Waals surface area contributed by atoms with Crippen molar-refractivity contribution in [2.24, 2.45) is 5.73 Å². The summed E-state index contributed by atoms with van der Waals surface area (Å²) in [6.07, 6.45) is 2.34. The first-order valence-electron chi connectivity index (χ1n) is 8.25. The summed E-state index contributed by atoms with van der Waals surface area (Å²) in [5.41, 5.74) is 7.53. The lowest BCUT2D eigenvalue weighted by molar-refractivity contribution is -0.131. The Morgan fingerprint density at radius 3 is 2.77 bits per heavy atom. The second-order valence-electron chi connectivity index (χ2n) is 6.19. The van der Waals surface area contributed by atoms with E-state index >= 15 is 0 Å². The molecule has 0 bridgehead atoms. The lowest BCUT2D eigenvalue weighted by atomic mass is 10.0. The number of carbonyl (C=O) groups excluding carboxylic acids is 2. The maximum atomic E-state index is 12.3. The molecular weight excluding hydrogens is 334 g/mol. The number of nitrogens with two attached hydrogens (primary N) is 1. The fourth-order valence-corrected chi connectivity index (χ4v) is 2.88. The van der Waals surface area contributed by atoms with Crippen molar-refractivity contribution in [3.05, 3.63) is 35.7 Å². The Hall–Kier alpha value is -3.23. The summed E-state index contributed by atoms with van der Waals surface area (Å²) >= 11 is 0. The van der Waals surface area contributed by atoms with Crippen LogP contribution in [0.4, 0.5) is 10.6 Å². The number of hydrogen-bond acceptors (Lipinski definition) is 6. The molecule has 0 fully saturated rings. The average molecular weight is 355 g/mol. The maximum Gasteiger partial charge on any atom is 0.312 e. The van der Waals surface area contributed by atoms with Crippen LogP contribution in [-0.2, 0) is 17.8 Å². The first kappa shape index (κ1) is 17.6. The van der Waals surface area contributed by atoms with Gasteiger partial charge in [0.1, 0.15) is 11.5 Å². The second kappa shape index (κ2) is 7.34. The molecule has 0 aromatic carbocycles. The summed E-state index contributed by atoms with van der Waals surface area (Å²) in [6.45, 7) is 0.778. The highest BCUT2D eigenvalue weighted by atomic mass is 16.2. The van der Waals surface area contributed by atoms with Crippen LogP contribution in [0.5, 0.6) is 0 Å². The molecule has 3 rings (SSSR count). The average Bonchev–Trinajstić information content (AvgIpc) is 2.65. The van der Waals surface area contributed by atoms with Crippen LogP contribution in [-0.4, -0.2) is 59.0 Å². The van der Waals surface area contributed by atoms with Gasteiger partial charge in [-0.15, -0.1) is 0 Å². The molecular formula is C17H21N7O2. The number of nitrogens with one attached hydrogen (secondary N) is 1. The van der Waals surface area contributed by atoms with Crippen molar-refractivity contribution in [3.63, 3.8) is 0 Å². The molecule has 3 amide bonds. The van der Waals surface area contributed by atoms with Crippen molar-refractivity contribution in [2.45, 2.75) is 13.0 Å². The van der Waals surface area contributed by atoms with E-state index in [9.17, 15) is 9.59 Å². The number of urea groups is 1. The minimum Gasteiger partial charge on any atom is -0.362 e. The summed E-state index contributed by atoms with van der Waals surface area (Å²) in [6, 6.07) is 4.85. The molecule has 0 radical (unpaired) electrons. The van der Waals surface area contributed by atoms with Crippen molar-refractivity contribution in [1.82, 2.24) is 25.2 Å². The number of carbonyl (C=O) groups is 2. The van der Waals surface area contributed by atoms with Gasteiger partial charge in [0.25, 0.3) is 0 Å². The van der Waals surface area contributed by atoms with Gasteiger partial charge in [0.2, 0.25) is 5.91 Å². The van der Waals surface area contributed by atoms with Crippen LogP contribution in [0.25, 0.3) is 11.5 Å². The van der Waals surface area contributed by atoms with Gasteiger partial charge in [-0.1, -0.05) is 6.07 Å². The third-order valence-electron chi connectivity index (χ3n) is 4.13. The minimum absolute atomic E-state index is 0.122. The van der Waals surface area contributed by atoms with Gasteiger partial charge in [0, 0.05) is 32.4 Å². The van der Waals surface area contributed by atoms with Crippen molar-refractivity contribution in [1.29, 1.82) is 0 Å². The van der Waals surface area contributed by atoms with Crippen LogP contribution in [0, 0.1) is 0 Å². The van der Waals surface area contributed by atoms with Gasteiger partial charge >= 0.3 is 6.03 Å².